The van der Waals surface area contributed by atoms with Gasteiger partial charge in [-0.2, -0.15) is 18.3 Å². The van der Waals surface area contributed by atoms with Crippen molar-refractivity contribution in [2.24, 2.45) is 0 Å². The number of carboxylic acid groups (broad SMARTS) is 1. The molecule has 1 heterocycles. The molecule has 0 spiro atoms. The maximum atomic E-state index is 12.8. The number of carboxylic acids is 1. The average Bonchev–Trinajstić information content (AvgIpc) is 3.22. The molecular weight excluding hydrogens is 532 g/mol. The molecule has 0 aliphatic heterocycles. The minimum absolute atomic E-state index is 0.0251. The Kier molecular flexibility index (Phi) is 7.68. The molecular formula is C26H19Cl2F3N2O2S. The minimum Gasteiger partial charge on any atom is -0.481 e. The predicted octanol–water partition coefficient (Wildman–Crippen LogP) is 8.18. The van der Waals surface area contributed by atoms with Crippen molar-refractivity contribution in [3.63, 3.8) is 0 Å². The zero-order chi connectivity index (χ0) is 26.0. The van der Waals surface area contributed by atoms with Crippen LogP contribution in [0.2, 0.25) is 10.0 Å². The van der Waals surface area contributed by atoms with Gasteiger partial charge in [-0.1, -0.05) is 65.2 Å². The number of aliphatic carboxylic acids is 1. The van der Waals surface area contributed by atoms with Crippen LogP contribution in [-0.4, -0.2) is 26.4 Å². The summed E-state index contributed by atoms with van der Waals surface area (Å²) in [6.07, 6.45) is -0.0251. The third-order valence-electron chi connectivity index (χ3n) is 5.46. The van der Waals surface area contributed by atoms with Gasteiger partial charge in [0.25, 0.3) is 0 Å². The lowest BCUT2D eigenvalue weighted by atomic mass is 9.94. The monoisotopic (exact) mass is 550 g/mol. The maximum Gasteiger partial charge on any atom is 0.446 e. The van der Waals surface area contributed by atoms with Gasteiger partial charge in [-0.25, -0.2) is 4.68 Å². The number of nitrogens with zero attached hydrogens (tertiary/aromatic N) is 2. The molecule has 3 aromatic carbocycles. The van der Waals surface area contributed by atoms with Gasteiger partial charge >= 0.3 is 11.5 Å². The van der Waals surface area contributed by atoms with E-state index in [-0.39, 0.29) is 28.6 Å². The normalized spacial score (nSPS) is 12.5. The standard InChI is InChI=1S/C26H19Cl2F3N2O2S/c1-15-5-7-16(8-6-15)24-13-18(32-33(24)19-9-10-22(27)23(28)14-19)12-21(25(34)35)17-3-2-4-20(11-17)36-26(29,30)31/h2-11,13-14,21H,12H2,1H3,(H,34,35). The Hall–Kier alpha value is -2.94. The summed E-state index contributed by atoms with van der Waals surface area (Å²) in [5, 5.41) is 15.3. The summed E-state index contributed by atoms with van der Waals surface area (Å²) in [6.45, 7) is 1.97. The van der Waals surface area contributed by atoms with Crippen LogP contribution in [0.15, 0.2) is 77.7 Å². The number of hydrogen-bond donors (Lipinski definition) is 1. The topological polar surface area (TPSA) is 55.1 Å². The molecule has 0 bridgehead atoms. The van der Waals surface area contributed by atoms with Crippen molar-refractivity contribution in [2.45, 2.75) is 29.7 Å². The van der Waals surface area contributed by atoms with Gasteiger partial charge < -0.3 is 5.11 Å². The molecule has 1 N–H and O–H groups in total. The van der Waals surface area contributed by atoms with E-state index >= 15 is 0 Å². The van der Waals surface area contributed by atoms with Crippen LogP contribution in [0.3, 0.4) is 0 Å². The fourth-order valence-electron chi connectivity index (χ4n) is 3.76. The first-order valence-corrected chi connectivity index (χ1v) is 12.3. The van der Waals surface area contributed by atoms with Gasteiger partial charge in [0, 0.05) is 16.9 Å². The summed E-state index contributed by atoms with van der Waals surface area (Å²) in [4.78, 5) is 12.1. The number of hydrogen-bond acceptors (Lipinski definition) is 3. The lowest BCUT2D eigenvalue weighted by molar-refractivity contribution is -0.138. The number of aryl methyl sites for hydroxylation is 1. The number of carbonyl (C=O) groups is 1. The van der Waals surface area contributed by atoms with E-state index in [1.165, 1.54) is 24.3 Å². The molecule has 0 saturated heterocycles. The van der Waals surface area contributed by atoms with Gasteiger partial charge in [-0.3, -0.25) is 4.79 Å². The second-order valence-electron chi connectivity index (χ2n) is 8.11. The number of rotatable bonds is 7. The Labute approximate surface area is 219 Å². The fraction of sp³-hybridized carbons (Fsp3) is 0.154. The zero-order valence-electron chi connectivity index (χ0n) is 18.8. The molecule has 1 aromatic heterocycles. The summed E-state index contributed by atoms with van der Waals surface area (Å²) >= 11 is 12.0. The average molecular weight is 551 g/mol. The number of thioether (sulfide) groups is 1. The van der Waals surface area contributed by atoms with E-state index in [1.807, 2.05) is 31.2 Å². The van der Waals surface area contributed by atoms with E-state index in [1.54, 1.807) is 28.9 Å². The van der Waals surface area contributed by atoms with Crippen molar-refractivity contribution in [3.8, 4) is 16.9 Å². The van der Waals surface area contributed by atoms with Crippen LogP contribution in [0.4, 0.5) is 13.2 Å². The smallest absolute Gasteiger partial charge is 0.446 e. The van der Waals surface area contributed by atoms with Crippen LogP contribution < -0.4 is 0 Å². The lowest BCUT2D eigenvalue weighted by Gasteiger charge is -2.13. The summed E-state index contributed by atoms with van der Waals surface area (Å²) in [5.41, 5.74) is -0.506. The van der Waals surface area contributed by atoms with E-state index in [2.05, 4.69) is 5.10 Å². The van der Waals surface area contributed by atoms with Crippen molar-refractivity contribution in [3.05, 3.63) is 99.7 Å². The molecule has 0 radical (unpaired) electrons. The minimum atomic E-state index is -4.47. The molecule has 36 heavy (non-hydrogen) atoms. The first-order chi connectivity index (χ1) is 17.0. The number of halogens is 5. The van der Waals surface area contributed by atoms with Gasteiger partial charge in [0.1, 0.15) is 0 Å². The van der Waals surface area contributed by atoms with Gasteiger partial charge in [0.05, 0.1) is 33.0 Å². The molecule has 0 saturated carbocycles. The Morgan fingerprint density at radius 3 is 2.39 bits per heavy atom. The Balaban J connectivity index is 1.75. The van der Waals surface area contributed by atoms with Crippen LogP contribution in [0.1, 0.15) is 22.7 Å². The highest BCUT2D eigenvalue weighted by molar-refractivity contribution is 8.00. The summed E-state index contributed by atoms with van der Waals surface area (Å²) < 4.78 is 40.2. The van der Waals surface area contributed by atoms with E-state index in [0.29, 0.717) is 27.1 Å². The third-order valence-corrected chi connectivity index (χ3v) is 6.92. The van der Waals surface area contributed by atoms with E-state index in [9.17, 15) is 23.1 Å². The molecule has 0 aliphatic rings. The Morgan fingerprint density at radius 2 is 1.75 bits per heavy atom. The number of aromatic nitrogens is 2. The first kappa shape index (κ1) is 26.1. The second kappa shape index (κ2) is 10.6. The summed E-state index contributed by atoms with van der Waals surface area (Å²) in [7, 11) is 0. The molecule has 4 nitrogen and oxygen atoms in total. The third kappa shape index (κ3) is 6.24. The maximum absolute atomic E-state index is 12.8. The molecule has 0 amide bonds. The van der Waals surface area contributed by atoms with Crippen LogP contribution in [0.5, 0.6) is 0 Å². The van der Waals surface area contributed by atoms with Crippen molar-refractivity contribution in [1.29, 1.82) is 0 Å². The highest BCUT2D eigenvalue weighted by Crippen LogP contribution is 2.38. The molecule has 0 fully saturated rings. The number of benzene rings is 3. The number of alkyl halides is 3. The predicted molar refractivity (Wildman–Crippen MR) is 136 cm³/mol. The van der Waals surface area contributed by atoms with Gasteiger partial charge in [0.15, 0.2) is 0 Å². The van der Waals surface area contributed by atoms with Crippen LogP contribution in [0, 0.1) is 6.92 Å². The van der Waals surface area contributed by atoms with Gasteiger partial charge in [0.2, 0.25) is 0 Å². The Morgan fingerprint density at radius 1 is 1.03 bits per heavy atom. The van der Waals surface area contributed by atoms with Crippen LogP contribution in [0.25, 0.3) is 16.9 Å². The lowest BCUT2D eigenvalue weighted by Crippen LogP contribution is -2.15. The molecule has 186 valence electrons. The zero-order valence-corrected chi connectivity index (χ0v) is 21.1. The van der Waals surface area contributed by atoms with Crippen molar-refractivity contribution < 1.29 is 23.1 Å². The summed E-state index contributed by atoms with van der Waals surface area (Å²) in [6, 6.07) is 20.1. The summed E-state index contributed by atoms with van der Waals surface area (Å²) in [5.74, 6) is -2.26. The van der Waals surface area contributed by atoms with E-state index < -0.39 is 17.4 Å². The second-order valence-corrected chi connectivity index (χ2v) is 10.1. The Bertz CT molecular complexity index is 1410. The van der Waals surface area contributed by atoms with Gasteiger partial charge in [-0.15, -0.1) is 0 Å². The van der Waals surface area contributed by atoms with Crippen LogP contribution >= 0.6 is 35.0 Å². The highest BCUT2D eigenvalue weighted by atomic mass is 35.5. The van der Waals surface area contributed by atoms with Gasteiger partial charge in [-0.05, 0) is 60.6 Å². The fourth-order valence-corrected chi connectivity index (χ4v) is 4.66. The van der Waals surface area contributed by atoms with E-state index in [0.717, 1.165) is 11.1 Å². The molecule has 0 aliphatic carbocycles. The molecule has 4 aromatic rings. The van der Waals surface area contributed by atoms with Crippen molar-refractivity contribution in [2.75, 3.05) is 0 Å². The van der Waals surface area contributed by atoms with Crippen molar-refractivity contribution >= 4 is 40.9 Å². The molecule has 4 rings (SSSR count). The molecule has 1 atom stereocenters. The molecule has 1 unspecified atom stereocenters. The quantitative estimate of drug-likeness (QED) is 0.236. The first-order valence-electron chi connectivity index (χ1n) is 10.7. The highest BCUT2D eigenvalue weighted by Gasteiger charge is 2.30. The van der Waals surface area contributed by atoms with E-state index in [4.69, 9.17) is 23.2 Å². The molecule has 10 heteroatoms. The SMILES string of the molecule is Cc1ccc(-c2cc(CC(C(=O)O)c3cccc(SC(F)(F)F)c3)nn2-c2ccc(Cl)c(Cl)c2)cc1. The largest absolute Gasteiger partial charge is 0.481 e. The van der Waals surface area contributed by atoms with Crippen LogP contribution in [-0.2, 0) is 11.2 Å². The van der Waals surface area contributed by atoms with Crippen molar-refractivity contribution in [1.82, 2.24) is 9.78 Å².